The van der Waals surface area contributed by atoms with Crippen molar-refractivity contribution >= 4 is 0 Å². The van der Waals surface area contributed by atoms with E-state index in [1.807, 2.05) is 38.2 Å². The van der Waals surface area contributed by atoms with Gasteiger partial charge in [0.05, 0.1) is 6.61 Å². The van der Waals surface area contributed by atoms with E-state index in [1.165, 1.54) is 12.8 Å². The summed E-state index contributed by atoms with van der Waals surface area (Å²) in [4.78, 5) is 0. The number of ether oxygens (including phenoxy) is 2. The zero-order valence-electron chi connectivity index (χ0n) is 10.6. The summed E-state index contributed by atoms with van der Waals surface area (Å²) in [6.07, 6.45) is 2.66. The number of likely N-dealkylation sites (N-methyl/N-ethyl adjacent to an activating group) is 1. The molecule has 1 aromatic carbocycles. The molecule has 1 aliphatic rings. The van der Waals surface area contributed by atoms with Crippen LogP contribution >= 0.6 is 0 Å². The van der Waals surface area contributed by atoms with Crippen LogP contribution in [0.3, 0.4) is 0 Å². The Morgan fingerprint density at radius 3 is 2.24 bits per heavy atom. The van der Waals surface area contributed by atoms with Gasteiger partial charge in [-0.15, -0.1) is 0 Å². The molecular weight excluding hydrogens is 214 g/mol. The Kier molecular flexibility index (Phi) is 4.26. The number of hydrogen-bond donors (Lipinski definition) is 1. The fraction of sp³-hybridized carbons (Fsp3) is 0.571. The number of hydrogen-bond acceptors (Lipinski definition) is 3. The van der Waals surface area contributed by atoms with E-state index < -0.39 is 0 Å². The Morgan fingerprint density at radius 2 is 1.76 bits per heavy atom. The molecule has 1 fully saturated rings. The van der Waals surface area contributed by atoms with Gasteiger partial charge in [-0.25, -0.2) is 0 Å². The van der Waals surface area contributed by atoms with E-state index in [-0.39, 0.29) is 0 Å². The maximum Gasteiger partial charge on any atom is 0.119 e. The van der Waals surface area contributed by atoms with Gasteiger partial charge in [0.25, 0.3) is 0 Å². The highest BCUT2D eigenvalue weighted by Crippen LogP contribution is 2.32. The lowest BCUT2D eigenvalue weighted by atomic mass is 10.2. The van der Waals surface area contributed by atoms with Crippen molar-refractivity contribution in [3.63, 3.8) is 0 Å². The molecule has 0 amide bonds. The second-order valence-corrected chi connectivity index (χ2v) is 4.45. The molecule has 0 radical (unpaired) electrons. The molecule has 1 saturated carbocycles. The third kappa shape index (κ3) is 3.63. The molecule has 1 atom stereocenters. The SMILES string of the molecule is CCOc1ccc(OCC(NC)C2CC2)cc1. The Labute approximate surface area is 103 Å². The van der Waals surface area contributed by atoms with Gasteiger partial charge in [-0.2, -0.15) is 0 Å². The van der Waals surface area contributed by atoms with Crippen LogP contribution in [0.15, 0.2) is 24.3 Å². The van der Waals surface area contributed by atoms with Crippen molar-refractivity contribution in [2.45, 2.75) is 25.8 Å². The van der Waals surface area contributed by atoms with Gasteiger partial charge in [-0.3, -0.25) is 0 Å². The van der Waals surface area contributed by atoms with Crippen LogP contribution in [0.4, 0.5) is 0 Å². The molecule has 3 heteroatoms. The van der Waals surface area contributed by atoms with Crippen LogP contribution in [-0.4, -0.2) is 26.3 Å². The smallest absolute Gasteiger partial charge is 0.119 e. The van der Waals surface area contributed by atoms with Gasteiger partial charge < -0.3 is 14.8 Å². The van der Waals surface area contributed by atoms with E-state index >= 15 is 0 Å². The summed E-state index contributed by atoms with van der Waals surface area (Å²) >= 11 is 0. The second kappa shape index (κ2) is 5.92. The lowest BCUT2D eigenvalue weighted by molar-refractivity contribution is 0.256. The summed E-state index contributed by atoms with van der Waals surface area (Å²) in [5.41, 5.74) is 0. The standard InChI is InChI=1S/C14H21NO2/c1-3-16-12-6-8-13(9-7-12)17-10-14(15-2)11-4-5-11/h6-9,11,14-15H,3-5,10H2,1-2H3. The van der Waals surface area contributed by atoms with Crippen LogP contribution in [0.2, 0.25) is 0 Å². The minimum absolute atomic E-state index is 0.488. The Morgan fingerprint density at radius 1 is 1.18 bits per heavy atom. The lowest BCUT2D eigenvalue weighted by Gasteiger charge is -2.16. The van der Waals surface area contributed by atoms with Crippen molar-refractivity contribution in [1.29, 1.82) is 0 Å². The van der Waals surface area contributed by atoms with Crippen LogP contribution in [0.5, 0.6) is 11.5 Å². The van der Waals surface area contributed by atoms with Gasteiger partial charge in [0, 0.05) is 6.04 Å². The second-order valence-electron chi connectivity index (χ2n) is 4.45. The molecule has 1 N–H and O–H groups in total. The molecule has 2 rings (SSSR count). The molecule has 17 heavy (non-hydrogen) atoms. The van der Waals surface area contributed by atoms with Gasteiger partial charge in [-0.1, -0.05) is 0 Å². The maximum atomic E-state index is 5.78. The third-order valence-electron chi connectivity index (χ3n) is 3.13. The Hall–Kier alpha value is -1.22. The Balaban J connectivity index is 1.81. The van der Waals surface area contributed by atoms with E-state index in [0.717, 1.165) is 24.0 Å². The monoisotopic (exact) mass is 235 g/mol. The van der Waals surface area contributed by atoms with Crippen LogP contribution in [0, 0.1) is 5.92 Å². The van der Waals surface area contributed by atoms with Crippen LogP contribution in [0.1, 0.15) is 19.8 Å². The van der Waals surface area contributed by atoms with E-state index in [9.17, 15) is 0 Å². The van der Waals surface area contributed by atoms with E-state index in [2.05, 4.69) is 5.32 Å². The zero-order valence-corrected chi connectivity index (χ0v) is 10.6. The third-order valence-corrected chi connectivity index (χ3v) is 3.13. The largest absolute Gasteiger partial charge is 0.494 e. The highest BCUT2D eigenvalue weighted by atomic mass is 16.5. The molecule has 3 nitrogen and oxygen atoms in total. The van der Waals surface area contributed by atoms with E-state index in [4.69, 9.17) is 9.47 Å². The van der Waals surface area contributed by atoms with Crippen molar-refractivity contribution in [2.24, 2.45) is 5.92 Å². The topological polar surface area (TPSA) is 30.5 Å². The van der Waals surface area contributed by atoms with Gasteiger partial charge in [-0.05, 0) is 57.0 Å². The molecule has 0 spiro atoms. The highest BCUT2D eigenvalue weighted by molar-refractivity contribution is 5.31. The molecule has 94 valence electrons. The predicted octanol–water partition coefficient (Wildman–Crippen LogP) is 2.46. The van der Waals surface area contributed by atoms with E-state index in [0.29, 0.717) is 12.6 Å². The van der Waals surface area contributed by atoms with Crippen molar-refractivity contribution in [3.05, 3.63) is 24.3 Å². The molecule has 0 aliphatic heterocycles. The first-order valence-electron chi connectivity index (χ1n) is 6.36. The van der Waals surface area contributed by atoms with Gasteiger partial charge in [0.15, 0.2) is 0 Å². The average Bonchev–Trinajstić information content (AvgIpc) is 3.17. The minimum atomic E-state index is 0.488. The lowest BCUT2D eigenvalue weighted by Crippen LogP contribution is -2.33. The quantitative estimate of drug-likeness (QED) is 0.787. The first kappa shape index (κ1) is 12.2. The van der Waals surface area contributed by atoms with E-state index in [1.54, 1.807) is 0 Å². The minimum Gasteiger partial charge on any atom is -0.494 e. The first-order valence-corrected chi connectivity index (χ1v) is 6.36. The number of nitrogens with one attached hydrogen (secondary N) is 1. The number of rotatable bonds is 7. The summed E-state index contributed by atoms with van der Waals surface area (Å²) in [5, 5.41) is 3.32. The van der Waals surface area contributed by atoms with Crippen LogP contribution in [0.25, 0.3) is 0 Å². The zero-order chi connectivity index (χ0) is 12.1. The van der Waals surface area contributed by atoms with Gasteiger partial charge in [0.2, 0.25) is 0 Å². The van der Waals surface area contributed by atoms with Crippen molar-refractivity contribution in [2.75, 3.05) is 20.3 Å². The summed E-state index contributed by atoms with van der Waals surface area (Å²) in [5.74, 6) is 2.62. The van der Waals surface area contributed by atoms with Gasteiger partial charge in [0.1, 0.15) is 18.1 Å². The molecule has 1 aliphatic carbocycles. The van der Waals surface area contributed by atoms with Crippen molar-refractivity contribution in [1.82, 2.24) is 5.32 Å². The molecule has 1 aromatic rings. The fourth-order valence-electron chi connectivity index (χ4n) is 1.94. The molecule has 0 heterocycles. The molecule has 0 aromatic heterocycles. The summed E-state index contributed by atoms with van der Waals surface area (Å²) < 4.78 is 11.2. The van der Waals surface area contributed by atoms with Gasteiger partial charge >= 0.3 is 0 Å². The molecular formula is C14H21NO2. The van der Waals surface area contributed by atoms with Crippen molar-refractivity contribution < 1.29 is 9.47 Å². The Bertz CT molecular complexity index is 333. The first-order chi connectivity index (χ1) is 8.33. The predicted molar refractivity (Wildman–Crippen MR) is 68.7 cm³/mol. The summed E-state index contributed by atoms with van der Waals surface area (Å²) in [6.45, 7) is 3.43. The normalized spacial score (nSPS) is 16.6. The molecule has 0 bridgehead atoms. The van der Waals surface area contributed by atoms with Crippen LogP contribution < -0.4 is 14.8 Å². The van der Waals surface area contributed by atoms with Crippen molar-refractivity contribution in [3.8, 4) is 11.5 Å². The summed E-state index contributed by atoms with van der Waals surface area (Å²) in [6, 6.07) is 8.31. The number of benzene rings is 1. The molecule has 1 unspecified atom stereocenters. The maximum absolute atomic E-state index is 5.78. The van der Waals surface area contributed by atoms with Crippen LogP contribution in [-0.2, 0) is 0 Å². The highest BCUT2D eigenvalue weighted by Gasteiger charge is 2.30. The fourth-order valence-corrected chi connectivity index (χ4v) is 1.94. The molecule has 0 saturated heterocycles. The summed E-state index contributed by atoms with van der Waals surface area (Å²) in [7, 11) is 2.00. The average molecular weight is 235 g/mol.